The first-order valence-electron chi connectivity index (χ1n) is 8.25. The third-order valence-electron chi connectivity index (χ3n) is 4.54. The van der Waals surface area contributed by atoms with Gasteiger partial charge in [0.25, 0.3) is 5.91 Å². The number of carbonyl (C=O) groups excluding carboxylic acids is 1. The van der Waals surface area contributed by atoms with Gasteiger partial charge in [-0.05, 0) is 26.0 Å². The Hall–Kier alpha value is -3.75. The van der Waals surface area contributed by atoms with Gasteiger partial charge in [0.15, 0.2) is 17.2 Å². The fourth-order valence-corrected chi connectivity index (χ4v) is 2.94. The first-order valence-corrected chi connectivity index (χ1v) is 8.25. The van der Waals surface area contributed by atoms with Crippen LogP contribution >= 0.6 is 0 Å². The molecule has 0 radical (unpaired) electrons. The number of nitrogens with one attached hydrogen (secondary N) is 1. The van der Waals surface area contributed by atoms with Crippen molar-refractivity contribution in [3.63, 3.8) is 0 Å². The minimum absolute atomic E-state index is 0.0405. The number of rotatable bonds is 3. The molecular weight excluding hydrogens is 346 g/mol. The molecule has 9 heteroatoms. The Balaban J connectivity index is 2.07. The lowest BCUT2D eigenvalue weighted by atomic mass is 10.2. The van der Waals surface area contributed by atoms with Crippen molar-refractivity contribution >= 4 is 17.1 Å². The number of aromatic nitrogens is 6. The van der Waals surface area contributed by atoms with Crippen molar-refractivity contribution < 1.29 is 4.79 Å². The minimum atomic E-state index is -0.748. The van der Waals surface area contributed by atoms with E-state index in [0.29, 0.717) is 11.3 Å². The van der Waals surface area contributed by atoms with E-state index in [2.05, 4.69) is 20.1 Å². The number of fused-ring (bicyclic) bond motifs is 1. The Morgan fingerprint density at radius 2 is 1.85 bits per heavy atom. The maximum absolute atomic E-state index is 12.6. The third-order valence-corrected chi connectivity index (χ3v) is 4.54. The molecule has 1 aromatic carbocycles. The van der Waals surface area contributed by atoms with Crippen LogP contribution in [0, 0.1) is 13.8 Å². The van der Waals surface area contributed by atoms with E-state index in [4.69, 9.17) is 5.73 Å². The van der Waals surface area contributed by atoms with Gasteiger partial charge in [0.1, 0.15) is 5.52 Å². The molecule has 3 aromatic heterocycles. The molecule has 0 unspecified atom stereocenters. The predicted octanol–water partition coefficient (Wildman–Crippen LogP) is 1.23. The Morgan fingerprint density at radius 3 is 2.44 bits per heavy atom. The van der Waals surface area contributed by atoms with Crippen LogP contribution in [-0.4, -0.2) is 35.2 Å². The van der Waals surface area contributed by atoms with Gasteiger partial charge in [-0.2, -0.15) is 5.10 Å². The number of amides is 1. The summed E-state index contributed by atoms with van der Waals surface area (Å²) in [5.74, 6) is -0.468. The van der Waals surface area contributed by atoms with Crippen molar-refractivity contribution in [1.29, 1.82) is 0 Å². The van der Waals surface area contributed by atoms with E-state index >= 15 is 0 Å². The summed E-state index contributed by atoms with van der Waals surface area (Å²) in [7, 11) is 1.80. The third kappa shape index (κ3) is 2.60. The van der Waals surface area contributed by atoms with Crippen LogP contribution in [-0.2, 0) is 7.05 Å². The molecule has 0 aliphatic heterocycles. The highest BCUT2D eigenvalue weighted by Crippen LogP contribution is 2.23. The normalized spacial score (nSPS) is 11.2. The number of imidazole rings is 1. The topological polar surface area (TPSA) is 124 Å². The molecule has 27 heavy (non-hydrogen) atoms. The second kappa shape index (κ2) is 5.90. The van der Waals surface area contributed by atoms with Crippen molar-refractivity contribution in [1.82, 2.24) is 29.3 Å². The van der Waals surface area contributed by atoms with E-state index in [-0.39, 0.29) is 22.7 Å². The van der Waals surface area contributed by atoms with Crippen molar-refractivity contribution in [2.75, 3.05) is 0 Å². The number of hydrogen-bond donors (Lipinski definition) is 2. The molecule has 3 heterocycles. The van der Waals surface area contributed by atoms with E-state index < -0.39 is 11.6 Å². The quantitative estimate of drug-likeness (QED) is 0.566. The van der Waals surface area contributed by atoms with E-state index in [0.717, 1.165) is 11.3 Å². The molecule has 0 bridgehead atoms. The van der Waals surface area contributed by atoms with E-state index in [1.807, 2.05) is 38.1 Å². The fraction of sp³-hybridized carbons (Fsp3) is 0.167. The zero-order valence-electron chi connectivity index (χ0n) is 15.0. The molecule has 0 aliphatic rings. The van der Waals surface area contributed by atoms with Crippen LogP contribution in [0.4, 0.5) is 0 Å². The van der Waals surface area contributed by atoms with Gasteiger partial charge in [-0.1, -0.05) is 17.7 Å². The molecule has 0 atom stereocenters. The van der Waals surface area contributed by atoms with Crippen LogP contribution in [0.3, 0.4) is 0 Å². The number of H-pyrrole nitrogens is 1. The molecule has 0 aliphatic carbocycles. The Kier molecular flexibility index (Phi) is 3.65. The van der Waals surface area contributed by atoms with E-state index in [1.165, 1.54) is 4.57 Å². The predicted molar refractivity (Wildman–Crippen MR) is 99.7 cm³/mol. The van der Waals surface area contributed by atoms with Crippen LogP contribution in [0.5, 0.6) is 0 Å². The smallest absolute Gasteiger partial charge is 0.332 e. The molecule has 0 saturated heterocycles. The average Bonchev–Trinajstić information content (AvgIpc) is 3.14. The summed E-state index contributed by atoms with van der Waals surface area (Å²) in [5, 5.41) is 4.19. The van der Waals surface area contributed by atoms with Gasteiger partial charge in [-0.25, -0.2) is 19.3 Å². The maximum atomic E-state index is 12.6. The summed E-state index contributed by atoms with van der Waals surface area (Å²) in [4.78, 5) is 36.0. The highest BCUT2D eigenvalue weighted by atomic mass is 16.2. The van der Waals surface area contributed by atoms with Gasteiger partial charge in [-0.15, -0.1) is 0 Å². The minimum Gasteiger partial charge on any atom is -0.364 e. The first-order chi connectivity index (χ1) is 12.9. The molecule has 4 aromatic rings. The highest BCUT2D eigenvalue weighted by Gasteiger charge is 2.21. The number of benzene rings is 1. The average molecular weight is 363 g/mol. The van der Waals surface area contributed by atoms with Crippen LogP contribution in [0.25, 0.3) is 28.2 Å². The summed E-state index contributed by atoms with van der Waals surface area (Å²) in [6, 6.07) is 7.40. The van der Waals surface area contributed by atoms with Crippen molar-refractivity contribution in [2.45, 2.75) is 13.8 Å². The monoisotopic (exact) mass is 363 g/mol. The Bertz CT molecular complexity index is 1250. The fourth-order valence-electron chi connectivity index (χ4n) is 2.94. The number of hydrogen-bond acceptors (Lipinski definition) is 5. The Labute approximate surface area is 153 Å². The molecule has 4 rings (SSSR count). The van der Waals surface area contributed by atoms with Gasteiger partial charge in [0, 0.05) is 12.7 Å². The van der Waals surface area contributed by atoms with Gasteiger partial charge in [0.05, 0.1) is 17.4 Å². The summed E-state index contributed by atoms with van der Waals surface area (Å²) in [6.07, 6.45) is 1.61. The molecular formula is C18H17N7O2. The van der Waals surface area contributed by atoms with Gasteiger partial charge < -0.3 is 10.7 Å². The van der Waals surface area contributed by atoms with Crippen LogP contribution in [0.1, 0.15) is 21.7 Å². The molecule has 9 nitrogen and oxygen atoms in total. The lowest BCUT2D eigenvalue weighted by Gasteiger charge is -2.06. The summed E-state index contributed by atoms with van der Waals surface area (Å²) < 4.78 is 3.08. The van der Waals surface area contributed by atoms with Crippen molar-refractivity contribution in [2.24, 2.45) is 12.8 Å². The van der Waals surface area contributed by atoms with E-state index in [9.17, 15) is 9.59 Å². The molecule has 0 fully saturated rings. The standard InChI is InChI=1S/C18H17N7O2/c1-9-4-6-11(7-5-9)25-17-14(22-18(25)27)13(15(19)26)21-16(23-17)12-8-20-24(3)10(12)2/h4-8H,1-3H3,(H2,19,26)(H,22,27). The summed E-state index contributed by atoms with van der Waals surface area (Å²) >= 11 is 0. The summed E-state index contributed by atoms with van der Waals surface area (Å²) in [6.45, 7) is 3.82. The largest absolute Gasteiger partial charge is 0.364 e. The highest BCUT2D eigenvalue weighted by molar-refractivity contribution is 6.02. The number of carbonyl (C=O) groups is 1. The molecule has 3 N–H and O–H groups in total. The van der Waals surface area contributed by atoms with Crippen molar-refractivity contribution in [3.05, 3.63) is 57.9 Å². The molecule has 1 amide bonds. The second-order valence-corrected chi connectivity index (χ2v) is 6.33. The molecule has 136 valence electrons. The lowest BCUT2D eigenvalue weighted by Crippen LogP contribution is -2.15. The second-order valence-electron chi connectivity index (χ2n) is 6.33. The number of primary amides is 1. The van der Waals surface area contributed by atoms with Gasteiger partial charge in [-0.3, -0.25) is 9.48 Å². The summed E-state index contributed by atoms with van der Waals surface area (Å²) in [5.41, 5.74) is 8.70. The van der Waals surface area contributed by atoms with E-state index in [1.54, 1.807) is 17.9 Å². The van der Waals surface area contributed by atoms with Gasteiger partial charge in [0.2, 0.25) is 0 Å². The zero-order chi connectivity index (χ0) is 19.3. The first kappa shape index (κ1) is 16.7. The van der Waals surface area contributed by atoms with Gasteiger partial charge >= 0.3 is 5.69 Å². The Morgan fingerprint density at radius 1 is 1.15 bits per heavy atom. The van der Waals surface area contributed by atoms with Crippen molar-refractivity contribution in [3.8, 4) is 17.1 Å². The number of nitrogens with zero attached hydrogens (tertiary/aromatic N) is 5. The number of aromatic amines is 1. The molecule has 0 spiro atoms. The van der Waals surface area contributed by atoms with Crippen LogP contribution < -0.4 is 11.4 Å². The maximum Gasteiger partial charge on any atom is 0.332 e. The number of nitrogens with two attached hydrogens (primary N) is 1. The van der Waals surface area contributed by atoms with Crippen LogP contribution in [0.15, 0.2) is 35.3 Å². The van der Waals surface area contributed by atoms with Crippen LogP contribution in [0.2, 0.25) is 0 Å². The zero-order valence-corrected chi connectivity index (χ0v) is 15.0. The SMILES string of the molecule is Cc1ccc(-n2c(=O)[nH]c3c(C(N)=O)nc(-c4cnn(C)c4C)nc32)cc1. The lowest BCUT2D eigenvalue weighted by molar-refractivity contribution is 0.0997. The molecule has 0 saturated carbocycles. The number of aryl methyl sites for hydroxylation is 2.